The van der Waals surface area contributed by atoms with Crippen LogP contribution in [0.15, 0.2) is 18.2 Å². The molecule has 0 atom stereocenters. The summed E-state index contributed by atoms with van der Waals surface area (Å²) in [7, 11) is 0. The molecule has 1 aromatic carbocycles. The number of hydrogen-bond donors (Lipinski definition) is 0. The van der Waals surface area contributed by atoms with Gasteiger partial charge in [-0.2, -0.15) is 0 Å². The highest BCUT2D eigenvalue weighted by Gasteiger charge is 2.22. The molecule has 1 fully saturated rings. The van der Waals surface area contributed by atoms with Gasteiger partial charge in [0, 0.05) is 0 Å². The minimum Gasteiger partial charge on any atom is -0.490 e. The van der Waals surface area contributed by atoms with Gasteiger partial charge in [-0.15, -0.1) is 0 Å². The van der Waals surface area contributed by atoms with Crippen LogP contribution < -0.4 is 4.74 Å². The third-order valence-electron chi connectivity index (χ3n) is 2.26. The lowest BCUT2D eigenvalue weighted by atomic mass is 10.2. The van der Waals surface area contributed by atoms with Gasteiger partial charge in [0.05, 0.1) is 6.61 Å². The van der Waals surface area contributed by atoms with E-state index in [1.165, 1.54) is 18.9 Å². The molecule has 13 heavy (non-hydrogen) atoms. The van der Waals surface area contributed by atoms with Gasteiger partial charge >= 0.3 is 0 Å². The molecule has 1 aliphatic carbocycles. The average Bonchev–Trinajstić information content (AvgIpc) is 2.90. The molecule has 0 spiro atoms. The van der Waals surface area contributed by atoms with Crippen LogP contribution in [-0.4, -0.2) is 6.61 Å². The first kappa shape index (κ1) is 8.54. The molecule has 0 radical (unpaired) electrons. The van der Waals surface area contributed by atoms with Crippen molar-refractivity contribution in [3.8, 4) is 5.75 Å². The summed E-state index contributed by atoms with van der Waals surface area (Å²) in [5.74, 6) is 0.804. The van der Waals surface area contributed by atoms with Crippen LogP contribution in [0.25, 0.3) is 0 Å². The van der Waals surface area contributed by atoms with E-state index in [2.05, 4.69) is 0 Å². The SMILES string of the molecule is Cc1ccc(F)c(OCC2CC2)c1. The fraction of sp³-hybridized carbons (Fsp3) is 0.455. The van der Waals surface area contributed by atoms with Gasteiger partial charge in [0.2, 0.25) is 0 Å². The highest BCUT2D eigenvalue weighted by atomic mass is 19.1. The summed E-state index contributed by atoms with van der Waals surface area (Å²) in [6.07, 6.45) is 2.46. The molecule has 2 heteroatoms. The predicted molar refractivity (Wildman–Crippen MR) is 49.4 cm³/mol. The van der Waals surface area contributed by atoms with Crippen LogP contribution in [-0.2, 0) is 0 Å². The summed E-state index contributed by atoms with van der Waals surface area (Å²) >= 11 is 0. The van der Waals surface area contributed by atoms with Gasteiger partial charge in [-0.3, -0.25) is 0 Å². The molecule has 0 saturated heterocycles. The first-order valence-corrected chi connectivity index (χ1v) is 4.64. The zero-order valence-corrected chi connectivity index (χ0v) is 7.72. The van der Waals surface area contributed by atoms with Crippen LogP contribution in [0.5, 0.6) is 5.75 Å². The Kier molecular flexibility index (Phi) is 2.21. The first-order chi connectivity index (χ1) is 6.25. The highest BCUT2D eigenvalue weighted by molar-refractivity contribution is 5.29. The molecule has 1 aliphatic rings. The molecule has 0 unspecified atom stereocenters. The van der Waals surface area contributed by atoms with E-state index in [0.29, 0.717) is 18.3 Å². The van der Waals surface area contributed by atoms with Crippen LogP contribution in [0.3, 0.4) is 0 Å². The van der Waals surface area contributed by atoms with Crippen molar-refractivity contribution in [2.75, 3.05) is 6.61 Å². The Morgan fingerprint density at radius 3 is 2.92 bits per heavy atom. The van der Waals surface area contributed by atoms with Gasteiger partial charge in [0.1, 0.15) is 0 Å². The smallest absolute Gasteiger partial charge is 0.165 e. The lowest BCUT2D eigenvalue weighted by Gasteiger charge is -2.06. The molecule has 0 aromatic heterocycles. The van der Waals surface area contributed by atoms with E-state index in [1.807, 2.05) is 6.92 Å². The number of ether oxygens (including phenoxy) is 1. The van der Waals surface area contributed by atoms with E-state index < -0.39 is 0 Å². The lowest BCUT2D eigenvalue weighted by Crippen LogP contribution is -2.00. The molecule has 0 bridgehead atoms. The van der Waals surface area contributed by atoms with E-state index in [0.717, 1.165) is 5.56 Å². The van der Waals surface area contributed by atoms with Gasteiger partial charge in [0.25, 0.3) is 0 Å². The zero-order valence-electron chi connectivity index (χ0n) is 7.72. The van der Waals surface area contributed by atoms with Crippen molar-refractivity contribution in [3.05, 3.63) is 29.6 Å². The van der Waals surface area contributed by atoms with E-state index in [9.17, 15) is 4.39 Å². The Morgan fingerprint density at radius 2 is 2.23 bits per heavy atom. The van der Waals surface area contributed by atoms with Crippen molar-refractivity contribution in [2.24, 2.45) is 5.92 Å². The number of aryl methyl sites for hydroxylation is 1. The van der Waals surface area contributed by atoms with Crippen molar-refractivity contribution >= 4 is 0 Å². The maximum Gasteiger partial charge on any atom is 0.165 e. The molecule has 0 heterocycles. The van der Waals surface area contributed by atoms with E-state index in [-0.39, 0.29) is 5.82 Å². The molecule has 70 valence electrons. The van der Waals surface area contributed by atoms with E-state index >= 15 is 0 Å². The first-order valence-electron chi connectivity index (χ1n) is 4.64. The Morgan fingerprint density at radius 1 is 1.46 bits per heavy atom. The van der Waals surface area contributed by atoms with Crippen molar-refractivity contribution in [1.82, 2.24) is 0 Å². The van der Waals surface area contributed by atoms with Gasteiger partial charge in [-0.05, 0) is 43.4 Å². The summed E-state index contributed by atoms with van der Waals surface area (Å²) in [6.45, 7) is 2.60. The summed E-state index contributed by atoms with van der Waals surface area (Å²) in [5.41, 5.74) is 1.03. The number of halogens is 1. The van der Waals surface area contributed by atoms with Gasteiger partial charge in [0.15, 0.2) is 11.6 Å². The molecule has 0 amide bonds. The summed E-state index contributed by atoms with van der Waals surface area (Å²) in [6, 6.07) is 4.95. The normalized spacial score (nSPS) is 15.8. The number of rotatable bonds is 3. The second kappa shape index (κ2) is 3.36. The Bertz CT molecular complexity index is 305. The minimum absolute atomic E-state index is 0.258. The third kappa shape index (κ3) is 2.20. The molecular weight excluding hydrogens is 167 g/mol. The monoisotopic (exact) mass is 180 g/mol. The standard InChI is InChI=1S/C11H13FO/c1-8-2-5-10(12)11(6-8)13-7-9-3-4-9/h2,5-6,9H,3-4,7H2,1H3. The molecule has 1 nitrogen and oxygen atoms in total. The largest absolute Gasteiger partial charge is 0.490 e. The lowest BCUT2D eigenvalue weighted by molar-refractivity contribution is 0.285. The quantitative estimate of drug-likeness (QED) is 0.695. The maximum absolute atomic E-state index is 13.1. The zero-order chi connectivity index (χ0) is 9.26. The van der Waals surface area contributed by atoms with E-state index in [4.69, 9.17) is 4.74 Å². The predicted octanol–water partition coefficient (Wildman–Crippen LogP) is 2.92. The van der Waals surface area contributed by atoms with Crippen molar-refractivity contribution in [1.29, 1.82) is 0 Å². The van der Waals surface area contributed by atoms with Gasteiger partial charge in [-0.25, -0.2) is 4.39 Å². The molecule has 1 saturated carbocycles. The number of benzene rings is 1. The van der Waals surface area contributed by atoms with Crippen molar-refractivity contribution in [3.63, 3.8) is 0 Å². The average molecular weight is 180 g/mol. The minimum atomic E-state index is -0.258. The van der Waals surface area contributed by atoms with Gasteiger partial charge in [-0.1, -0.05) is 6.07 Å². The third-order valence-corrected chi connectivity index (χ3v) is 2.26. The molecule has 1 aromatic rings. The Balaban J connectivity index is 2.03. The van der Waals surface area contributed by atoms with Crippen molar-refractivity contribution in [2.45, 2.75) is 19.8 Å². The van der Waals surface area contributed by atoms with Crippen molar-refractivity contribution < 1.29 is 9.13 Å². The van der Waals surface area contributed by atoms with Crippen LogP contribution in [0.2, 0.25) is 0 Å². The fourth-order valence-electron chi connectivity index (χ4n) is 1.21. The Labute approximate surface area is 77.5 Å². The summed E-state index contributed by atoms with van der Waals surface area (Å²) in [4.78, 5) is 0. The summed E-state index contributed by atoms with van der Waals surface area (Å²) in [5, 5.41) is 0. The van der Waals surface area contributed by atoms with Crippen LogP contribution in [0.1, 0.15) is 18.4 Å². The highest BCUT2D eigenvalue weighted by Crippen LogP contribution is 2.30. The molecule has 0 N–H and O–H groups in total. The number of hydrogen-bond acceptors (Lipinski definition) is 1. The van der Waals surface area contributed by atoms with Crippen LogP contribution in [0.4, 0.5) is 4.39 Å². The second-order valence-corrected chi connectivity index (χ2v) is 3.69. The van der Waals surface area contributed by atoms with Gasteiger partial charge < -0.3 is 4.74 Å². The van der Waals surface area contributed by atoms with Crippen LogP contribution in [0, 0.1) is 18.7 Å². The Hall–Kier alpha value is -1.05. The topological polar surface area (TPSA) is 9.23 Å². The molecule has 0 aliphatic heterocycles. The second-order valence-electron chi connectivity index (χ2n) is 3.69. The van der Waals surface area contributed by atoms with E-state index in [1.54, 1.807) is 12.1 Å². The van der Waals surface area contributed by atoms with Crippen LogP contribution >= 0.6 is 0 Å². The maximum atomic E-state index is 13.1. The fourth-order valence-corrected chi connectivity index (χ4v) is 1.21. The molecule has 2 rings (SSSR count). The summed E-state index contributed by atoms with van der Waals surface area (Å²) < 4.78 is 18.5. The molecular formula is C11H13FO.